The minimum atomic E-state index is -0.803. The molecule has 5 heteroatoms. The molecule has 1 aromatic rings. The maximum absolute atomic E-state index is 11.5. The molecule has 0 heterocycles. The van der Waals surface area contributed by atoms with Gasteiger partial charge in [-0.05, 0) is 39.8 Å². The second kappa shape index (κ2) is 5.53. The van der Waals surface area contributed by atoms with Gasteiger partial charge in [-0.1, -0.05) is 17.7 Å². The fraction of sp³-hybridized carbons (Fsp3) is 0.385. The second-order valence-corrected chi connectivity index (χ2v) is 4.86. The van der Waals surface area contributed by atoms with E-state index in [1.165, 1.54) is 0 Å². The largest absolute Gasteiger partial charge is 0.442 e. The third kappa shape index (κ3) is 4.86. The summed E-state index contributed by atoms with van der Waals surface area (Å²) in [7, 11) is 0. The number of aryl methyl sites for hydroxylation is 1. The summed E-state index contributed by atoms with van der Waals surface area (Å²) in [6.07, 6.45) is -0.803. The highest BCUT2D eigenvalue weighted by atomic mass is 16.7. The molecule has 0 unspecified atom stereocenters. The summed E-state index contributed by atoms with van der Waals surface area (Å²) in [6, 6.07) is 6.80. The molecule has 0 bridgehead atoms. The highest BCUT2D eigenvalue weighted by Gasteiger charge is 2.17. The van der Waals surface area contributed by atoms with Crippen molar-refractivity contribution in [1.29, 1.82) is 0 Å². The highest BCUT2D eigenvalue weighted by Crippen LogP contribution is 2.07. The van der Waals surface area contributed by atoms with Gasteiger partial charge in [0.1, 0.15) is 5.60 Å². The zero-order chi connectivity index (χ0) is 13.8. The van der Waals surface area contributed by atoms with Crippen LogP contribution >= 0.6 is 0 Å². The zero-order valence-electron chi connectivity index (χ0n) is 10.9. The maximum atomic E-state index is 11.5. The topological polar surface area (TPSA) is 64.6 Å². The van der Waals surface area contributed by atoms with E-state index in [9.17, 15) is 9.59 Å². The molecule has 0 spiro atoms. The van der Waals surface area contributed by atoms with Crippen molar-refractivity contribution < 1.29 is 19.2 Å². The van der Waals surface area contributed by atoms with Crippen molar-refractivity contribution in [1.82, 2.24) is 5.48 Å². The maximum Gasteiger partial charge on any atom is 0.441 e. The molecule has 18 heavy (non-hydrogen) atoms. The summed E-state index contributed by atoms with van der Waals surface area (Å²) in [4.78, 5) is 27.4. The Hall–Kier alpha value is -2.04. The first-order chi connectivity index (χ1) is 8.28. The Bertz CT molecular complexity index is 431. The van der Waals surface area contributed by atoms with Gasteiger partial charge in [0.15, 0.2) is 0 Å². The lowest BCUT2D eigenvalue weighted by Crippen LogP contribution is -2.34. The van der Waals surface area contributed by atoms with Gasteiger partial charge in [0.25, 0.3) is 0 Å². The Balaban J connectivity index is 2.47. The molecule has 1 amide bonds. The zero-order valence-corrected chi connectivity index (χ0v) is 10.9. The number of hydrogen-bond acceptors (Lipinski definition) is 4. The average Bonchev–Trinajstić information content (AvgIpc) is 2.24. The second-order valence-electron chi connectivity index (χ2n) is 4.86. The number of hydrogen-bond donors (Lipinski definition) is 1. The van der Waals surface area contributed by atoms with Gasteiger partial charge in [-0.25, -0.2) is 9.59 Å². The van der Waals surface area contributed by atoms with Crippen molar-refractivity contribution in [3.05, 3.63) is 35.4 Å². The minimum absolute atomic E-state index is 0.358. The molecule has 0 saturated carbocycles. The number of rotatable bonds is 1. The van der Waals surface area contributed by atoms with Gasteiger partial charge < -0.3 is 9.57 Å². The predicted octanol–water partition coefficient (Wildman–Crippen LogP) is 2.59. The number of carbonyl (C=O) groups is 2. The van der Waals surface area contributed by atoms with E-state index < -0.39 is 17.7 Å². The number of ether oxygens (including phenoxy) is 1. The van der Waals surface area contributed by atoms with Crippen LogP contribution in [0.3, 0.4) is 0 Å². The van der Waals surface area contributed by atoms with E-state index in [-0.39, 0.29) is 0 Å². The van der Waals surface area contributed by atoms with Crippen molar-refractivity contribution in [2.45, 2.75) is 33.3 Å². The molecule has 0 aliphatic heterocycles. The predicted molar refractivity (Wildman–Crippen MR) is 66.0 cm³/mol. The van der Waals surface area contributed by atoms with E-state index in [1.807, 2.05) is 12.4 Å². The lowest BCUT2D eigenvalue weighted by molar-refractivity contribution is -0.00129. The summed E-state index contributed by atoms with van der Waals surface area (Å²) >= 11 is 0. The van der Waals surface area contributed by atoms with Gasteiger partial charge in [0.2, 0.25) is 0 Å². The smallest absolute Gasteiger partial charge is 0.441 e. The van der Waals surface area contributed by atoms with Crippen LogP contribution in [-0.2, 0) is 9.57 Å². The Morgan fingerprint density at radius 1 is 1.11 bits per heavy atom. The van der Waals surface area contributed by atoms with Gasteiger partial charge in [-0.2, -0.15) is 0 Å². The van der Waals surface area contributed by atoms with E-state index in [4.69, 9.17) is 4.74 Å². The van der Waals surface area contributed by atoms with E-state index in [1.54, 1.807) is 45.0 Å². The van der Waals surface area contributed by atoms with Gasteiger partial charge in [0, 0.05) is 0 Å². The molecule has 1 aromatic carbocycles. The summed E-state index contributed by atoms with van der Waals surface area (Å²) in [5, 5.41) is 0. The van der Waals surface area contributed by atoms with Gasteiger partial charge in [-0.3, -0.25) is 0 Å². The van der Waals surface area contributed by atoms with E-state index in [0.717, 1.165) is 5.56 Å². The lowest BCUT2D eigenvalue weighted by atomic mass is 10.2. The lowest BCUT2D eigenvalue weighted by Gasteiger charge is -2.19. The summed E-state index contributed by atoms with van der Waals surface area (Å²) in [5.74, 6) is -0.638. The first-order valence-corrected chi connectivity index (χ1v) is 5.55. The molecule has 98 valence electrons. The van der Waals surface area contributed by atoms with Crippen LogP contribution in [0, 0.1) is 6.92 Å². The van der Waals surface area contributed by atoms with Crippen LogP contribution < -0.4 is 5.48 Å². The fourth-order valence-corrected chi connectivity index (χ4v) is 1.14. The van der Waals surface area contributed by atoms with Crippen molar-refractivity contribution in [2.24, 2.45) is 0 Å². The quantitative estimate of drug-likeness (QED) is 0.779. The number of hydroxylamine groups is 1. The molecule has 1 N–H and O–H groups in total. The van der Waals surface area contributed by atoms with E-state index in [0.29, 0.717) is 5.56 Å². The Kier molecular flexibility index (Phi) is 4.31. The van der Waals surface area contributed by atoms with Crippen LogP contribution in [0.25, 0.3) is 0 Å². The van der Waals surface area contributed by atoms with Gasteiger partial charge >= 0.3 is 12.1 Å². The molecule has 0 aromatic heterocycles. The molecule has 0 saturated heterocycles. The molecule has 0 radical (unpaired) electrons. The molecule has 5 nitrogen and oxygen atoms in total. The number of carbonyl (C=O) groups excluding carboxylic acids is 2. The highest BCUT2D eigenvalue weighted by molar-refractivity contribution is 5.90. The number of nitrogens with one attached hydrogen (secondary N) is 1. The van der Waals surface area contributed by atoms with Crippen molar-refractivity contribution in [3.63, 3.8) is 0 Å². The molecular formula is C13H17NO4. The van der Waals surface area contributed by atoms with Crippen LogP contribution in [0.1, 0.15) is 36.7 Å². The Labute approximate surface area is 106 Å². The van der Waals surface area contributed by atoms with Crippen LogP contribution in [0.5, 0.6) is 0 Å². The number of benzene rings is 1. The molecule has 0 aliphatic carbocycles. The third-order valence-electron chi connectivity index (χ3n) is 1.91. The van der Waals surface area contributed by atoms with E-state index >= 15 is 0 Å². The molecule has 1 rings (SSSR count). The summed E-state index contributed by atoms with van der Waals surface area (Å²) in [6.45, 7) is 7.06. The fourth-order valence-electron chi connectivity index (χ4n) is 1.14. The monoisotopic (exact) mass is 251 g/mol. The van der Waals surface area contributed by atoms with Crippen molar-refractivity contribution >= 4 is 12.1 Å². The third-order valence-corrected chi connectivity index (χ3v) is 1.91. The first-order valence-electron chi connectivity index (χ1n) is 5.55. The summed E-state index contributed by atoms with van der Waals surface area (Å²) in [5.41, 5.74) is 2.69. The van der Waals surface area contributed by atoms with Crippen LogP contribution in [0.4, 0.5) is 4.79 Å². The van der Waals surface area contributed by atoms with Crippen molar-refractivity contribution in [3.8, 4) is 0 Å². The minimum Gasteiger partial charge on any atom is -0.442 e. The van der Waals surface area contributed by atoms with Crippen LogP contribution in [0.2, 0.25) is 0 Å². The van der Waals surface area contributed by atoms with Crippen LogP contribution in [-0.4, -0.2) is 17.7 Å². The Morgan fingerprint density at radius 3 is 2.17 bits per heavy atom. The van der Waals surface area contributed by atoms with Crippen molar-refractivity contribution in [2.75, 3.05) is 0 Å². The molecule has 0 aliphatic rings. The first kappa shape index (κ1) is 14.0. The van der Waals surface area contributed by atoms with E-state index in [2.05, 4.69) is 4.84 Å². The standard InChI is InChI=1S/C13H17NO4/c1-9-5-7-10(8-6-9)11(15)18-14-12(16)17-13(2,3)4/h5-8H,1-4H3,(H,14,16). The summed E-state index contributed by atoms with van der Waals surface area (Å²) < 4.78 is 4.92. The molecular weight excluding hydrogens is 234 g/mol. The van der Waals surface area contributed by atoms with Crippen LogP contribution in [0.15, 0.2) is 24.3 Å². The number of amides is 1. The SMILES string of the molecule is Cc1ccc(C(=O)ONC(=O)OC(C)(C)C)cc1. The average molecular weight is 251 g/mol. The van der Waals surface area contributed by atoms with Gasteiger partial charge in [-0.15, -0.1) is 5.48 Å². The van der Waals surface area contributed by atoms with Gasteiger partial charge in [0.05, 0.1) is 5.56 Å². The normalized spacial score (nSPS) is 10.7. The molecule has 0 atom stereocenters. The Morgan fingerprint density at radius 2 is 1.67 bits per heavy atom. The molecule has 0 fully saturated rings.